The number of anilines is 3. The predicted octanol–water partition coefficient (Wildman–Crippen LogP) is 17.9. The minimum atomic E-state index is -0.120. The van der Waals surface area contributed by atoms with Crippen molar-refractivity contribution in [2.75, 3.05) is 4.90 Å². The van der Waals surface area contributed by atoms with Crippen LogP contribution < -0.4 is 4.90 Å². The lowest BCUT2D eigenvalue weighted by molar-refractivity contribution is 0.660. The molecule has 0 saturated heterocycles. The fourth-order valence-electron chi connectivity index (χ4n) is 11.8. The van der Waals surface area contributed by atoms with Gasteiger partial charge in [-0.2, -0.15) is 0 Å². The van der Waals surface area contributed by atoms with E-state index in [1.165, 1.54) is 99.7 Å². The molecule has 0 unspecified atom stereocenters. The van der Waals surface area contributed by atoms with Crippen LogP contribution in [0.5, 0.6) is 0 Å². The van der Waals surface area contributed by atoms with Gasteiger partial charge < -0.3 is 9.47 Å². The molecule has 2 aliphatic rings. The quantitative estimate of drug-likeness (QED) is 0.155. The van der Waals surface area contributed by atoms with E-state index in [-0.39, 0.29) is 10.8 Å². The second-order valence-corrected chi connectivity index (χ2v) is 19.7. The van der Waals surface area contributed by atoms with Crippen molar-refractivity contribution < 1.29 is 0 Å². The molecule has 13 rings (SSSR count). The molecule has 0 spiro atoms. The lowest BCUT2D eigenvalue weighted by Gasteiger charge is -2.30. The average molecular weight is 871 g/mol. The third-order valence-corrected chi connectivity index (χ3v) is 15.2. The van der Waals surface area contributed by atoms with Crippen LogP contribution in [-0.2, 0) is 10.8 Å². The van der Waals surface area contributed by atoms with E-state index in [0.29, 0.717) is 0 Å². The summed E-state index contributed by atoms with van der Waals surface area (Å²) in [4.78, 5) is 2.47. The van der Waals surface area contributed by atoms with Gasteiger partial charge in [-0.3, -0.25) is 0 Å². The number of benzene rings is 10. The topological polar surface area (TPSA) is 8.17 Å². The van der Waals surface area contributed by atoms with E-state index >= 15 is 0 Å². The molecule has 0 radical (unpaired) electrons. The smallest absolute Gasteiger partial charge is 0.0619 e. The van der Waals surface area contributed by atoms with Crippen LogP contribution in [0.2, 0.25) is 0 Å². The zero-order valence-electron chi connectivity index (χ0n) is 38.8. The lowest BCUT2D eigenvalue weighted by atomic mass is 9.82. The first-order valence-electron chi connectivity index (χ1n) is 23.9. The third-order valence-electron chi connectivity index (χ3n) is 15.2. The van der Waals surface area contributed by atoms with Gasteiger partial charge in [0.2, 0.25) is 0 Å². The maximum Gasteiger partial charge on any atom is 0.0619 e. The minimum absolute atomic E-state index is 0.120. The molecule has 2 nitrogen and oxygen atoms in total. The molecular formula is C66H50N2. The van der Waals surface area contributed by atoms with Gasteiger partial charge in [-0.15, -0.1) is 0 Å². The van der Waals surface area contributed by atoms with Crippen LogP contribution in [-0.4, -0.2) is 4.57 Å². The number of rotatable bonds is 7. The van der Waals surface area contributed by atoms with E-state index in [0.717, 1.165) is 22.7 Å². The Morgan fingerprint density at radius 2 is 0.794 bits per heavy atom. The number of fused-ring (bicyclic) bond motifs is 9. The summed E-state index contributed by atoms with van der Waals surface area (Å²) in [6.45, 7) is 9.48. The molecule has 0 atom stereocenters. The van der Waals surface area contributed by atoms with Gasteiger partial charge in [0.25, 0.3) is 0 Å². The molecule has 10 aromatic carbocycles. The van der Waals surface area contributed by atoms with Crippen LogP contribution in [0.4, 0.5) is 17.1 Å². The zero-order valence-corrected chi connectivity index (χ0v) is 38.8. The van der Waals surface area contributed by atoms with Crippen LogP contribution >= 0.6 is 0 Å². The molecule has 0 aliphatic heterocycles. The van der Waals surface area contributed by atoms with Gasteiger partial charge in [0, 0.05) is 49.9 Å². The average Bonchev–Trinajstić information content (AvgIpc) is 3.94. The normalized spacial score (nSPS) is 13.8. The highest BCUT2D eigenvalue weighted by atomic mass is 15.1. The molecule has 68 heavy (non-hydrogen) atoms. The SMILES string of the molecule is CC1(C)c2ccccc2-c2ccc(N(c3ccc(-c4ccc(-c5cccc6c7ccccc7n(-c7ccccc7)c56)c(-c5ccccc5)c4)cc3)c3ccc4c(c3)C(C)(C)c3ccccc3-4)cc21. The second kappa shape index (κ2) is 15.2. The first-order chi connectivity index (χ1) is 33.3. The van der Waals surface area contributed by atoms with Crippen LogP contribution in [0, 0.1) is 0 Å². The summed E-state index contributed by atoms with van der Waals surface area (Å²) in [5, 5.41) is 2.50. The van der Waals surface area contributed by atoms with Crippen molar-refractivity contribution in [3.05, 3.63) is 253 Å². The van der Waals surface area contributed by atoms with Gasteiger partial charge in [0.05, 0.1) is 11.0 Å². The van der Waals surface area contributed by atoms with Gasteiger partial charge in [0.1, 0.15) is 0 Å². The summed E-state index contributed by atoms with van der Waals surface area (Å²) in [6.07, 6.45) is 0. The molecule has 2 aliphatic carbocycles. The molecule has 1 aromatic heterocycles. The van der Waals surface area contributed by atoms with Crippen LogP contribution in [0.15, 0.2) is 231 Å². The molecule has 0 N–H and O–H groups in total. The Balaban J connectivity index is 0.951. The Kier molecular flexibility index (Phi) is 8.95. The summed E-state index contributed by atoms with van der Waals surface area (Å²) < 4.78 is 2.44. The molecule has 0 fully saturated rings. The second-order valence-electron chi connectivity index (χ2n) is 19.7. The summed E-state index contributed by atoms with van der Waals surface area (Å²) >= 11 is 0. The fourth-order valence-corrected chi connectivity index (χ4v) is 11.8. The maximum absolute atomic E-state index is 2.47. The van der Waals surface area contributed by atoms with Crippen molar-refractivity contribution in [1.29, 1.82) is 0 Å². The predicted molar refractivity (Wildman–Crippen MR) is 287 cm³/mol. The number of para-hydroxylation sites is 3. The van der Waals surface area contributed by atoms with Crippen molar-refractivity contribution in [1.82, 2.24) is 4.57 Å². The summed E-state index contributed by atoms with van der Waals surface area (Å²) in [5.74, 6) is 0. The molecule has 1 heterocycles. The molecule has 324 valence electrons. The van der Waals surface area contributed by atoms with Gasteiger partial charge in [-0.05, 0) is 133 Å². The Hall–Kier alpha value is -8.20. The Morgan fingerprint density at radius 3 is 1.44 bits per heavy atom. The molecular weight excluding hydrogens is 821 g/mol. The van der Waals surface area contributed by atoms with Crippen LogP contribution in [0.3, 0.4) is 0 Å². The summed E-state index contributed by atoms with van der Waals surface area (Å²) in [7, 11) is 0. The minimum Gasteiger partial charge on any atom is -0.310 e. The van der Waals surface area contributed by atoms with Gasteiger partial charge in [0.15, 0.2) is 0 Å². The van der Waals surface area contributed by atoms with Crippen molar-refractivity contribution in [2.45, 2.75) is 38.5 Å². The molecule has 0 saturated carbocycles. The van der Waals surface area contributed by atoms with Crippen LogP contribution in [0.1, 0.15) is 49.9 Å². The Labute approximate surface area is 399 Å². The van der Waals surface area contributed by atoms with E-state index in [1.54, 1.807) is 0 Å². The van der Waals surface area contributed by atoms with E-state index in [4.69, 9.17) is 0 Å². The largest absolute Gasteiger partial charge is 0.310 e. The number of aromatic nitrogens is 1. The first-order valence-corrected chi connectivity index (χ1v) is 23.9. The van der Waals surface area contributed by atoms with E-state index in [2.05, 4.69) is 268 Å². The highest BCUT2D eigenvalue weighted by Crippen LogP contribution is 2.53. The summed E-state index contributed by atoms with van der Waals surface area (Å²) in [5.41, 5.74) is 24.7. The monoisotopic (exact) mass is 870 g/mol. The highest BCUT2D eigenvalue weighted by molar-refractivity contribution is 6.14. The number of nitrogens with zero attached hydrogens (tertiary/aromatic N) is 2. The Morgan fingerprint density at radius 1 is 0.309 bits per heavy atom. The van der Waals surface area contributed by atoms with Crippen molar-refractivity contribution >= 4 is 38.9 Å². The molecule has 0 amide bonds. The maximum atomic E-state index is 2.47. The third kappa shape index (κ3) is 6.03. The fraction of sp³-hybridized carbons (Fsp3) is 0.0909. The molecule has 2 heteroatoms. The summed E-state index contributed by atoms with van der Waals surface area (Å²) in [6, 6.07) is 85.5. The number of hydrogen-bond donors (Lipinski definition) is 0. The first kappa shape index (κ1) is 40.1. The van der Waals surface area contributed by atoms with E-state index in [9.17, 15) is 0 Å². The van der Waals surface area contributed by atoms with E-state index in [1.807, 2.05) is 0 Å². The molecule has 11 aromatic rings. The van der Waals surface area contributed by atoms with E-state index < -0.39 is 0 Å². The lowest BCUT2D eigenvalue weighted by Crippen LogP contribution is -2.18. The zero-order chi connectivity index (χ0) is 45.7. The van der Waals surface area contributed by atoms with Crippen molar-refractivity contribution in [2.24, 2.45) is 0 Å². The van der Waals surface area contributed by atoms with Crippen molar-refractivity contribution in [3.63, 3.8) is 0 Å². The van der Waals surface area contributed by atoms with Gasteiger partial charge in [-0.25, -0.2) is 0 Å². The Bertz CT molecular complexity index is 3670. The standard InChI is InChI=1S/C66H50N2/c1-65(2)59-27-14-11-22-51(59)53-38-35-48(41-61(53)65)67(49-36-39-54-52-23-12-15-28-60(52)66(3,4)62(54)42-49)47-33-30-43(31-34-47)45-32-37-50(58(40-45)44-18-7-5-8-19-44)56-25-17-26-57-55-24-13-16-29-63(55)68(64(56)57)46-20-9-6-10-21-46/h5-42H,1-4H3. The van der Waals surface area contributed by atoms with Gasteiger partial charge in [-0.1, -0.05) is 198 Å². The van der Waals surface area contributed by atoms with Crippen molar-refractivity contribution in [3.8, 4) is 61.3 Å². The highest BCUT2D eigenvalue weighted by Gasteiger charge is 2.38. The van der Waals surface area contributed by atoms with Crippen LogP contribution in [0.25, 0.3) is 83.1 Å². The molecule has 0 bridgehead atoms. The van der Waals surface area contributed by atoms with Gasteiger partial charge >= 0.3 is 0 Å². The number of hydrogen-bond acceptors (Lipinski definition) is 1.